The number of aromatic amines is 1. The lowest BCUT2D eigenvalue weighted by Gasteiger charge is -2.26. The van der Waals surface area contributed by atoms with Gasteiger partial charge in [0, 0.05) is 18.5 Å². The zero-order valence-electron chi connectivity index (χ0n) is 15.4. The van der Waals surface area contributed by atoms with Crippen LogP contribution in [0, 0.1) is 5.82 Å². The van der Waals surface area contributed by atoms with Crippen molar-refractivity contribution < 1.29 is 18.7 Å². The number of ether oxygens (including phenoxy) is 1. The predicted octanol–water partition coefficient (Wildman–Crippen LogP) is 2.75. The van der Waals surface area contributed by atoms with E-state index < -0.39 is 5.82 Å². The monoisotopic (exact) mass is 392 g/mol. The van der Waals surface area contributed by atoms with Gasteiger partial charge in [-0.05, 0) is 41.5 Å². The quantitative estimate of drug-likeness (QED) is 0.702. The number of imidazole rings is 1. The molecule has 0 saturated carbocycles. The number of H-pyrrole nitrogens is 1. The van der Waals surface area contributed by atoms with Crippen LogP contribution in [0.5, 0.6) is 5.75 Å². The molecule has 0 aliphatic carbocycles. The normalized spacial score (nSPS) is 15.2. The number of hydrogen-bond acceptors (Lipinski definition) is 4. The summed E-state index contributed by atoms with van der Waals surface area (Å²) in [5.74, 6) is -0.415. The van der Waals surface area contributed by atoms with E-state index in [0.717, 1.165) is 11.4 Å². The third-order valence-electron chi connectivity index (χ3n) is 5.15. The smallest absolute Gasteiger partial charge is 0.262 e. The summed E-state index contributed by atoms with van der Waals surface area (Å²) in [4.78, 5) is 33.5. The Hall–Kier alpha value is -3.68. The van der Waals surface area contributed by atoms with E-state index in [9.17, 15) is 14.0 Å². The van der Waals surface area contributed by atoms with Crippen LogP contribution in [-0.2, 0) is 17.8 Å². The molecular formula is C21H17FN4O3. The largest absolute Gasteiger partial charge is 0.482 e. The molecule has 0 atom stereocenters. The summed E-state index contributed by atoms with van der Waals surface area (Å²) in [7, 11) is 0. The first-order chi connectivity index (χ1) is 14.1. The Labute approximate surface area is 165 Å². The Bertz CT molecular complexity index is 1140. The number of aromatic nitrogens is 2. The topological polar surface area (TPSA) is 87.3 Å². The lowest BCUT2D eigenvalue weighted by Crippen LogP contribution is -2.36. The molecule has 2 aromatic carbocycles. The van der Waals surface area contributed by atoms with Crippen LogP contribution in [0.3, 0.4) is 0 Å². The number of fused-ring (bicyclic) bond motifs is 2. The number of nitrogens with zero attached hydrogens (tertiary/aromatic N) is 2. The minimum absolute atomic E-state index is 0.0289. The van der Waals surface area contributed by atoms with Crippen molar-refractivity contribution in [3.63, 3.8) is 0 Å². The van der Waals surface area contributed by atoms with Crippen molar-refractivity contribution >= 4 is 17.5 Å². The second kappa shape index (κ2) is 6.73. The fourth-order valence-corrected chi connectivity index (χ4v) is 3.71. The minimum Gasteiger partial charge on any atom is -0.482 e. The number of carbonyl (C=O) groups excluding carboxylic acids is 2. The molecule has 0 spiro atoms. The van der Waals surface area contributed by atoms with Crippen molar-refractivity contribution in [1.29, 1.82) is 0 Å². The average Bonchev–Trinajstić information content (AvgIpc) is 3.20. The number of nitrogens with one attached hydrogen (secondary N) is 2. The molecule has 2 N–H and O–H groups in total. The Morgan fingerprint density at radius 3 is 2.97 bits per heavy atom. The molecule has 3 heterocycles. The van der Waals surface area contributed by atoms with E-state index in [2.05, 4.69) is 15.3 Å². The van der Waals surface area contributed by atoms with Gasteiger partial charge in [-0.15, -0.1) is 0 Å². The highest BCUT2D eigenvalue weighted by Crippen LogP contribution is 2.33. The summed E-state index contributed by atoms with van der Waals surface area (Å²) >= 11 is 0. The van der Waals surface area contributed by atoms with Gasteiger partial charge >= 0.3 is 0 Å². The number of carbonyl (C=O) groups is 2. The van der Waals surface area contributed by atoms with Gasteiger partial charge in [-0.1, -0.05) is 6.07 Å². The molecule has 0 bridgehead atoms. The fourth-order valence-electron chi connectivity index (χ4n) is 3.71. The molecule has 2 aliphatic rings. The molecule has 146 valence electrons. The summed E-state index contributed by atoms with van der Waals surface area (Å²) in [6.45, 7) is 0.922. The zero-order valence-corrected chi connectivity index (χ0v) is 15.4. The van der Waals surface area contributed by atoms with E-state index in [4.69, 9.17) is 4.74 Å². The molecule has 0 radical (unpaired) electrons. The van der Waals surface area contributed by atoms with Crippen molar-refractivity contribution in [1.82, 2.24) is 14.9 Å². The number of hydrogen-bond donors (Lipinski definition) is 2. The van der Waals surface area contributed by atoms with Crippen LogP contribution in [-0.4, -0.2) is 39.8 Å². The Morgan fingerprint density at radius 1 is 1.17 bits per heavy atom. The second-order valence-electron chi connectivity index (χ2n) is 7.08. The molecule has 2 amide bonds. The maximum absolute atomic E-state index is 14.4. The van der Waals surface area contributed by atoms with Crippen LogP contribution in [0.1, 0.15) is 21.7 Å². The van der Waals surface area contributed by atoms with Gasteiger partial charge in [0.1, 0.15) is 11.6 Å². The Morgan fingerprint density at radius 2 is 2.07 bits per heavy atom. The van der Waals surface area contributed by atoms with Gasteiger partial charge < -0.3 is 19.9 Å². The molecule has 5 rings (SSSR count). The molecule has 2 aliphatic heterocycles. The SMILES string of the molecule is O=C1COc2ccc(-c3cc(F)cc(C(=O)N4CCc5nc[nH]c5C4)c3)cc2N1. The van der Waals surface area contributed by atoms with Gasteiger partial charge in [-0.25, -0.2) is 9.37 Å². The highest BCUT2D eigenvalue weighted by atomic mass is 19.1. The van der Waals surface area contributed by atoms with Crippen molar-refractivity contribution in [3.8, 4) is 16.9 Å². The summed E-state index contributed by atoms with van der Waals surface area (Å²) in [5.41, 5.74) is 3.91. The van der Waals surface area contributed by atoms with E-state index in [1.54, 1.807) is 35.5 Å². The molecule has 0 saturated heterocycles. The van der Waals surface area contributed by atoms with Crippen LogP contribution in [0.2, 0.25) is 0 Å². The minimum atomic E-state index is -0.497. The Balaban J connectivity index is 1.46. The van der Waals surface area contributed by atoms with Gasteiger partial charge in [0.25, 0.3) is 11.8 Å². The molecule has 7 nitrogen and oxygen atoms in total. The second-order valence-corrected chi connectivity index (χ2v) is 7.08. The van der Waals surface area contributed by atoms with Gasteiger partial charge in [0.15, 0.2) is 6.61 Å². The van der Waals surface area contributed by atoms with Gasteiger partial charge in [-0.2, -0.15) is 0 Å². The maximum Gasteiger partial charge on any atom is 0.262 e. The average molecular weight is 392 g/mol. The summed E-state index contributed by atoms with van der Waals surface area (Å²) in [6, 6.07) is 9.50. The number of anilines is 1. The molecule has 0 fully saturated rings. The lowest BCUT2D eigenvalue weighted by molar-refractivity contribution is -0.118. The zero-order chi connectivity index (χ0) is 20.0. The fraction of sp³-hybridized carbons (Fsp3) is 0.190. The van der Waals surface area contributed by atoms with Gasteiger partial charge in [-0.3, -0.25) is 9.59 Å². The molecule has 1 aromatic heterocycles. The van der Waals surface area contributed by atoms with E-state index >= 15 is 0 Å². The number of halogens is 1. The Kier molecular flexibility index (Phi) is 4.04. The van der Waals surface area contributed by atoms with Crippen molar-refractivity contribution in [2.45, 2.75) is 13.0 Å². The first kappa shape index (κ1) is 17.4. The summed E-state index contributed by atoms with van der Waals surface area (Å²) in [5, 5.41) is 2.74. The van der Waals surface area contributed by atoms with Crippen LogP contribution >= 0.6 is 0 Å². The number of benzene rings is 2. The lowest BCUT2D eigenvalue weighted by atomic mass is 10.0. The van der Waals surface area contributed by atoms with Crippen LogP contribution in [0.25, 0.3) is 11.1 Å². The van der Waals surface area contributed by atoms with Gasteiger partial charge in [0.05, 0.1) is 29.9 Å². The standard InChI is InChI=1S/C21H17FN4O3/c22-15-6-13(12-1-2-19-17(8-12)25-20(27)10-29-19)5-14(7-15)21(28)26-4-3-16-18(9-26)24-11-23-16/h1-2,5-8,11H,3-4,9-10H2,(H,23,24)(H,25,27). The summed E-state index contributed by atoms with van der Waals surface area (Å²) < 4.78 is 19.7. The maximum atomic E-state index is 14.4. The molecular weight excluding hydrogens is 375 g/mol. The van der Waals surface area contributed by atoms with E-state index in [1.807, 2.05) is 0 Å². The summed E-state index contributed by atoms with van der Waals surface area (Å²) in [6.07, 6.45) is 2.29. The third kappa shape index (κ3) is 3.22. The molecule has 8 heteroatoms. The third-order valence-corrected chi connectivity index (χ3v) is 5.15. The van der Waals surface area contributed by atoms with Crippen LogP contribution in [0.4, 0.5) is 10.1 Å². The van der Waals surface area contributed by atoms with Gasteiger partial charge in [0.2, 0.25) is 0 Å². The first-order valence-electron chi connectivity index (χ1n) is 9.25. The van der Waals surface area contributed by atoms with Crippen molar-refractivity contribution in [3.05, 3.63) is 65.5 Å². The van der Waals surface area contributed by atoms with Crippen molar-refractivity contribution in [2.24, 2.45) is 0 Å². The van der Waals surface area contributed by atoms with E-state index in [1.165, 1.54) is 12.1 Å². The predicted molar refractivity (Wildman–Crippen MR) is 103 cm³/mol. The molecule has 3 aromatic rings. The van der Waals surface area contributed by atoms with Crippen LogP contribution in [0.15, 0.2) is 42.7 Å². The van der Waals surface area contributed by atoms with E-state index in [0.29, 0.717) is 42.1 Å². The van der Waals surface area contributed by atoms with Crippen molar-refractivity contribution in [2.75, 3.05) is 18.5 Å². The van der Waals surface area contributed by atoms with Crippen LogP contribution < -0.4 is 10.1 Å². The highest BCUT2D eigenvalue weighted by Gasteiger charge is 2.24. The number of amides is 2. The number of rotatable bonds is 2. The first-order valence-corrected chi connectivity index (χ1v) is 9.25. The molecule has 0 unspecified atom stereocenters. The molecule has 29 heavy (non-hydrogen) atoms. The highest BCUT2D eigenvalue weighted by molar-refractivity contribution is 5.97. The van der Waals surface area contributed by atoms with E-state index in [-0.39, 0.29) is 24.0 Å².